The van der Waals surface area contributed by atoms with Gasteiger partial charge in [0.25, 0.3) is 0 Å². The second-order valence-corrected chi connectivity index (χ2v) is 7.80. The minimum Gasteiger partial charge on any atom is -0.347 e. The van der Waals surface area contributed by atoms with Gasteiger partial charge >= 0.3 is 0 Å². The molecule has 0 saturated heterocycles. The molecular formula is C17H22N2O3S. The lowest BCUT2D eigenvalue weighted by Crippen LogP contribution is -2.49. The zero-order valence-corrected chi connectivity index (χ0v) is 14.6. The van der Waals surface area contributed by atoms with Gasteiger partial charge < -0.3 is 4.90 Å². The van der Waals surface area contributed by atoms with E-state index < -0.39 is 16.1 Å². The minimum absolute atomic E-state index is 0.153. The van der Waals surface area contributed by atoms with Crippen LogP contribution in [-0.2, 0) is 14.8 Å². The molecule has 23 heavy (non-hydrogen) atoms. The summed E-state index contributed by atoms with van der Waals surface area (Å²) in [6, 6.07) is 11.7. The smallest absolute Gasteiger partial charge is 0.241 e. The van der Waals surface area contributed by atoms with Crippen LogP contribution in [0.1, 0.15) is 13.8 Å². The molecule has 124 valence electrons. The number of hydrogen-bond acceptors (Lipinski definition) is 3. The van der Waals surface area contributed by atoms with Crippen molar-refractivity contribution in [2.75, 3.05) is 14.1 Å². The van der Waals surface area contributed by atoms with E-state index in [0.29, 0.717) is 0 Å². The number of nitrogens with one attached hydrogen (secondary N) is 1. The molecule has 0 aliphatic carbocycles. The Morgan fingerprint density at radius 1 is 1.04 bits per heavy atom. The van der Waals surface area contributed by atoms with E-state index in [9.17, 15) is 13.2 Å². The lowest BCUT2D eigenvalue weighted by molar-refractivity contribution is -0.131. The van der Waals surface area contributed by atoms with Crippen LogP contribution in [-0.4, -0.2) is 39.4 Å². The molecule has 0 heterocycles. The summed E-state index contributed by atoms with van der Waals surface area (Å²) in [4.78, 5) is 13.8. The number of carbonyl (C=O) groups excluding carboxylic acids is 1. The number of benzene rings is 2. The highest BCUT2D eigenvalue weighted by Crippen LogP contribution is 2.20. The summed E-state index contributed by atoms with van der Waals surface area (Å²) in [5, 5.41) is 1.81. The van der Waals surface area contributed by atoms with Crippen LogP contribution in [0.2, 0.25) is 0 Å². The Labute approximate surface area is 137 Å². The Balaban J connectivity index is 2.37. The molecule has 0 radical (unpaired) electrons. The number of fused-ring (bicyclic) bond motifs is 1. The summed E-state index contributed by atoms with van der Waals surface area (Å²) >= 11 is 0. The molecule has 0 aliphatic heterocycles. The monoisotopic (exact) mass is 334 g/mol. The maximum absolute atomic E-state index is 12.6. The molecule has 1 atom stereocenters. The van der Waals surface area contributed by atoms with Gasteiger partial charge in [-0.3, -0.25) is 4.79 Å². The van der Waals surface area contributed by atoms with Crippen LogP contribution in [0.3, 0.4) is 0 Å². The molecule has 0 fully saturated rings. The number of sulfonamides is 1. The molecule has 0 aromatic heterocycles. The van der Waals surface area contributed by atoms with Crippen LogP contribution < -0.4 is 4.72 Å². The second kappa shape index (κ2) is 6.68. The zero-order chi connectivity index (χ0) is 17.2. The first-order chi connectivity index (χ1) is 10.7. The van der Waals surface area contributed by atoms with Crippen molar-refractivity contribution in [2.24, 2.45) is 5.92 Å². The summed E-state index contributed by atoms with van der Waals surface area (Å²) in [6.45, 7) is 3.63. The molecule has 0 aliphatic rings. The van der Waals surface area contributed by atoms with E-state index in [1.807, 2.05) is 38.1 Å². The van der Waals surface area contributed by atoms with Gasteiger partial charge in [0.2, 0.25) is 15.9 Å². The van der Waals surface area contributed by atoms with E-state index in [-0.39, 0.29) is 16.7 Å². The van der Waals surface area contributed by atoms with Gasteiger partial charge in [0.15, 0.2) is 0 Å². The number of rotatable bonds is 5. The Morgan fingerprint density at radius 2 is 1.65 bits per heavy atom. The zero-order valence-electron chi connectivity index (χ0n) is 13.8. The molecule has 5 nitrogen and oxygen atoms in total. The van der Waals surface area contributed by atoms with E-state index in [1.54, 1.807) is 32.3 Å². The minimum atomic E-state index is -3.77. The molecule has 0 unspecified atom stereocenters. The number of carbonyl (C=O) groups is 1. The predicted octanol–water partition coefficient (Wildman–Crippen LogP) is 2.23. The molecule has 2 aromatic carbocycles. The number of nitrogens with zero attached hydrogens (tertiary/aromatic N) is 1. The van der Waals surface area contributed by atoms with Crippen molar-refractivity contribution in [2.45, 2.75) is 24.8 Å². The Bertz CT molecular complexity index is 813. The van der Waals surface area contributed by atoms with Crippen molar-refractivity contribution in [3.05, 3.63) is 42.5 Å². The Kier molecular flexibility index (Phi) is 5.06. The van der Waals surface area contributed by atoms with E-state index in [2.05, 4.69) is 4.72 Å². The summed E-state index contributed by atoms with van der Waals surface area (Å²) in [5.74, 6) is -0.413. The molecule has 0 bridgehead atoms. The predicted molar refractivity (Wildman–Crippen MR) is 91.6 cm³/mol. The van der Waals surface area contributed by atoms with Crippen molar-refractivity contribution in [3.8, 4) is 0 Å². The van der Waals surface area contributed by atoms with E-state index in [0.717, 1.165) is 10.8 Å². The summed E-state index contributed by atoms with van der Waals surface area (Å²) in [7, 11) is -0.546. The highest BCUT2D eigenvalue weighted by atomic mass is 32.2. The molecule has 2 aromatic rings. The molecule has 2 rings (SSSR count). The van der Waals surface area contributed by atoms with Gasteiger partial charge in [0.05, 0.1) is 4.90 Å². The van der Waals surface area contributed by atoms with Gasteiger partial charge in [-0.1, -0.05) is 44.2 Å². The summed E-state index contributed by atoms with van der Waals surface area (Å²) < 4.78 is 27.8. The first-order valence-electron chi connectivity index (χ1n) is 7.44. The van der Waals surface area contributed by atoms with Gasteiger partial charge in [0, 0.05) is 14.1 Å². The quantitative estimate of drug-likeness (QED) is 0.912. The van der Waals surface area contributed by atoms with Crippen LogP contribution in [0.4, 0.5) is 0 Å². The van der Waals surface area contributed by atoms with Crippen LogP contribution in [0, 0.1) is 5.92 Å². The average molecular weight is 334 g/mol. The van der Waals surface area contributed by atoms with E-state index >= 15 is 0 Å². The lowest BCUT2D eigenvalue weighted by atomic mass is 10.0. The van der Waals surface area contributed by atoms with Crippen molar-refractivity contribution in [3.63, 3.8) is 0 Å². The van der Waals surface area contributed by atoms with Crippen molar-refractivity contribution >= 4 is 26.7 Å². The fraction of sp³-hybridized carbons (Fsp3) is 0.353. The van der Waals surface area contributed by atoms with E-state index in [4.69, 9.17) is 0 Å². The molecule has 6 heteroatoms. The first kappa shape index (κ1) is 17.4. The highest BCUT2D eigenvalue weighted by Gasteiger charge is 2.29. The third-order valence-corrected chi connectivity index (χ3v) is 5.13. The fourth-order valence-electron chi connectivity index (χ4n) is 2.32. The highest BCUT2D eigenvalue weighted by molar-refractivity contribution is 7.89. The molecule has 0 spiro atoms. The van der Waals surface area contributed by atoms with Gasteiger partial charge in [-0.2, -0.15) is 4.72 Å². The van der Waals surface area contributed by atoms with Crippen LogP contribution in [0.15, 0.2) is 47.4 Å². The van der Waals surface area contributed by atoms with Crippen LogP contribution in [0.5, 0.6) is 0 Å². The van der Waals surface area contributed by atoms with Crippen molar-refractivity contribution < 1.29 is 13.2 Å². The van der Waals surface area contributed by atoms with Crippen LogP contribution in [0.25, 0.3) is 10.8 Å². The van der Waals surface area contributed by atoms with Crippen molar-refractivity contribution in [1.29, 1.82) is 0 Å². The maximum atomic E-state index is 12.6. The van der Waals surface area contributed by atoms with Gasteiger partial charge in [0.1, 0.15) is 6.04 Å². The van der Waals surface area contributed by atoms with Crippen LogP contribution >= 0.6 is 0 Å². The Hall–Kier alpha value is -1.92. The standard InChI is InChI=1S/C17H22N2O3S/c1-12(2)16(17(20)19(3)4)18-23(21,22)15-10-9-13-7-5-6-8-14(13)11-15/h5-12,16,18H,1-4H3/t16-/m1/s1. The van der Waals surface area contributed by atoms with Gasteiger partial charge in [-0.25, -0.2) is 8.42 Å². The second-order valence-electron chi connectivity index (χ2n) is 6.08. The topological polar surface area (TPSA) is 66.5 Å². The molecule has 1 N–H and O–H groups in total. The van der Waals surface area contributed by atoms with Gasteiger partial charge in [-0.15, -0.1) is 0 Å². The largest absolute Gasteiger partial charge is 0.347 e. The number of amides is 1. The van der Waals surface area contributed by atoms with E-state index in [1.165, 1.54) is 4.90 Å². The molecular weight excluding hydrogens is 312 g/mol. The van der Waals surface area contributed by atoms with Crippen molar-refractivity contribution in [1.82, 2.24) is 9.62 Å². The normalized spacial score (nSPS) is 13.3. The number of likely N-dealkylation sites (N-methyl/N-ethyl adjacent to an activating group) is 1. The summed E-state index contributed by atoms with van der Waals surface area (Å²) in [5.41, 5.74) is 0. The third kappa shape index (κ3) is 3.89. The summed E-state index contributed by atoms with van der Waals surface area (Å²) in [6.07, 6.45) is 0. The lowest BCUT2D eigenvalue weighted by Gasteiger charge is -2.24. The average Bonchev–Trinajstić information content (AvgIpc) is 2.51. The number of hydrogen-bond donors (Lipinski definition) is 1. The Morgan fingerprint density at radius 3 is 2.22 bits per heavy atom. The third-order valence-electron chi connectivity index (χ3n) is 3.69. The first-order valence-corrected chi connectivity index (χ1v) is 8.93. The SMILES string of the molecule is CC(C)[C@@H](NS(=O)(=O)c1ccc2ccccc2c1)C(=O)N(C)C. The maximum Gasteiger partial charge on any atom is 0.241 e. The molecule has 0 saturated carbocycles. The fourth-order valence-corrected chi connectivity index (χ4v) is 3.69. The van der Waals surface area contributed by atoms with Gasteiger partial charge in [-0.05, 0) is 28.8 Å². The molecule has 1 amide bonds.